The Morgan fingerprint density at radius 3 is 0.241 bits per heavy atom. The van der Waals surface area contributed by atoms with Crippen molar-refractivity contribution in [3.63, 3.8) is 0 Å². The Hall–Kier alpha value is -4.94. The molecule has 1 radical (unpaired) electrons. The third-order valence-corrected chi connectivity index (χ3v) is 0. The van der Waals surface area contributed by atoms with Crippen LogP contribution in [0.5, 0.6) is 0 Å². The van der Waals surface area contributed by atoms with Crippen LogP contribution in [0.2, 0.25) is 0 Å². The summed E-state index contributed by atoms with van der Waals surface area (Å²) in [5.74, 6) is 0. The zero-order valence-electron chi connectivity index (χ0n) is 12.1. The van der Waals surface area contributed by atoms with Gasteiger partial charge in [0.2, 0.25) is 0 Å². The van der Waals surface area contributed by atoms with Crippen LogP contribution < -0.4 is 0 Å². The van der Waals surface area contributed by atoms with E-state index in [9.17, 15) is 0 Å². The fourth-order valence-electron chi connectivity index (χ4n) is 0. The molecule has 0 fully saturated rings. The normalized spacial score (nSPS) is 5.79. The van der Waals surface area contributed by atoms with Gasteiger partial charge in [-0.15, -0.1) is 0 Å². The van der Waals surface area contributed by atoms with Crippen LogP contribution in [0.4, 0.5) is 0 Å². The summed E-state index contributed by atoms with van der Waals surface area (Å²) in [6.45, 7) is 0. The molecule has 0 aromatic carbocycles. The summed E-state index contributed by atoms with van der Waals surface area (Å²) in [4.78, 5) is 57.8. The predicted octanol–water partition coefficient (Wildman–Crippen LogP) is -1.68. The first-order valence-corrected chi connectivity index (χ1v) is 3.83. The van der Waals surface area contributed by atoms with Crippen molar-refractivity contribution < 1.29 is 56.0 Å². The first-order chi connectivity index (χ1) is 12.1. The average Bonchev–Trinajstić information content (AvgIpc) is 2.20. The Balaban J connectivity index is -0.0000000294. The third-order valence-electron chi connectivity index (χ3n) is 0. The van der Waals surface area contributed by atoms with Crippen molar-refractivity contribution in [1.82, 2.24) is 0 Å². The van der Waals surface area contributed by atoms with Crippen LogP contribution in [-0.4, -0.2) is 35.6 Å². The van der Waals surface area contributed by atoms with E-state index in [1.807, 2.05) is 0 Å². The number of nitrogens with zero attached hydrogens (tertiary/aromatic N) is 7. The zero-order chi connectivity index (χ0) is 25.0. The van der Waals surface area contributed by atoms with Gasteiger partial charge in [0.1, 0.15) is 0 Å². The molecule has 175 valence electrons. The van der Waals surface area contributed by atoms with Crippen LogP contribution in [0.15, 0.2) is 0 Å². The smallest absolute Gasteiger partial charge is 0.0689 e. The van der Waals surface area contributed by atoms with E-state index in [0.29, 0.717) is 0 Å². The summed E-state index contributed by atoms with van der Waals surface area (Å²) in [6.07, 6.45) is 0. The maximum absolute atomic E-state index is 8.25. The Morgan fingerprint density at radius 2 is 0.241 bits per heavy atom. The SMILES string of the molecule is O=[N+]([O-])[O-].O=[N+]([O-])[O-].O=[N+]([O-])[O-].O=[N+]([O-])[O-].O=[N+]([O-])[O-].O=[N+]([O-])[O-].O=[N+]([O-])[O-].[Re]. The standard InChI is InChI=1S/7NO3.Re/c7*2-1(3)4;/q7*-1;. The summed E-state index contributed by atoms with van der Waals surface area (Å²) < 4.78 is 0. The molecule has 0 spiro atoms. The fourth-order valence-corrected chi connectivity index (χ4v) is 0. The van der Waals surface area contributed by atoms with Gasteiger partial charge in [-0.1, -0.05) is 0 Å². The van der Waals surface area contributed by atoms with E-state index in [4.69, 9.17) is 107 Å². The Labute approximate surface area is 164 Å². The topological polar surface area (TPSA) is 463 Å². The second-order valence-corrected chi connectivity index (χ2v) is 1.57. The molecule has 0 aliphatic carbocycles. The van der Waals surface area contributed by atoms with Crippen LogP contribution in [0.25, 0.3) is 0 Å². The second-order valence-electron chi connectivity index (χ2n) is 1.57. The molecule has 0 rings (SSSR count). The van der Waals surface area contributed by atoms with Crippen molar-refractivity contribution >= 4 is 0 Å². The van der Waals surface area contributed by atoms with Gasteiger partial charge < -0.3 is 107 Å². The molecule has 0 aliphatic heterocycles. The largest absolute Gasteiger partial charge is 0.356 e. The summed E-state index contributed by atoms with van der Waals surface area (Å²) in [7, 11) is 0. The molecule has 0 aromatic rings. The van der Waals surface area contributed by atoms with Crippen LogP contribution in [0.1, 0.15) is 0 Å². The molecule has 0 bridgehead atoms. The van der Waals surface area contributed by atoms with Gasteiger partial charge >= 0.3 is 0 Å². The minimum atomic E-state index is -1.75. The Morgan fingerprint density at radius 1 is 0.241 bits per heavy atom. The summed E-state index contributed by atoms with van der Waals surface area (Å²) in [5, 5.41) is 103. The maximum Gasteiger partial charge on any atom is 0.0689 e. The first kappa shape index (κ1) is 49.6. The minimum Gasteiger partial charge on any atom is -0.356 e. The molecule has 0 N–H and O–H groups in total. The summed E-state index contributed by atoms with van der Waals surface area (Å²) in [6, 6.07) is 0. The Kier molecular flexibility index (Phi) is 74.4. The molecule has 29 heteroatoms. The van der Waals surface area contributed by atoms with Crippen molar-refractivity contribution in [3.05, 3.63) is 107 Å². The first-order valence-electron chi connectivity index (χ1n) is 3.83. The molecule has 0 aliphatic rings. The molecule has 0 aromatic heterocycles. The van der Waals surface area contributed by atoms with E-state index >= 15 is 0 Å². The zero-order valence-corrected chi connectivity index (χ0v) is 14.8. The van der Waals surface area contributed by atoms with Gasteiger partial charge in [0, 0.05) is 20.4 Å². The quantitative estimate of drug-likeness (QED) is 0.215. The van der Waals surface area contributed by atoms with E-state index in [0.717, 1.165) is 0 Å². The van der Waals surface area contributed by atoms with Crippen LogP contribution >= 0.6 is 0 Å². The molecule has 0 saturated carbocycles. The van der Waals surface area contributed by atoms with E-state index in [1.165, 1.54) is 0 Å². The van der Waals surface area contributed by atoms with Gasteiger partial charge in [-0.3, -0.25) is 0 Å². The molecule has 0 amide bonds. The average molecular weight is 620 g/mol. The molecular weight excluding hydrogens is 620 g/mol. The van der Waals surface area contributed by atoms with Crippen molar-refractivity contribution in [2.45, 2.75) is 0 Å². The minimum absolute atomic E-state index is 0. The fraction of sp³-hybridized carbons (Fsp3) is 0. The molecular formula is N7O21Re-7. The van der Waals surface area contributed by atoms with Crippen molar-refractivity contribution in [1.29, 1.82) is 0 Å². The van der Waals surface area contributed by atoms with Gasteiger partial charge in [0.05, 0.1) is 35.6 Å². The second kappa shape index (κ2) is 43.5. The van der Waals surface area contributed by atoms with E-state index in [1.54, 1.807) is 0 Å². The van der Waals surface area contributed by atoms with Gasteiger partial charge in [0.15, 0.2) is 0 Å². The Bertz CT molecular complexity index is 308. The summed E-state index contributed by atoms with van der Waals surface area (Å²) >= 11 is 0. The molecule has 0 saturated heterocycles. The van der Waals surface area contributed by atoms with E-state index < -0.39 is 35.6 Å². The van der Waals surface area contributed by atoms with Gasteiger partial charge in [-0.2, -0.15) is 0 Å². The molecule has 0 unspecified atom stereocenters. The third kappa shape index (κ3) is 420. The van der Waals surface area contributed by atoms with Crippen molar-refractivity contribution in [2.24, 2.45) is 0 Å². The van der Waals surface area contributed by atoms with Crippen molar-refractivity contribution in [2.75, 3.05) is 0 Å². The van der Waals surface area contributed by atoms with Gasteiger partial charge in [0.25, 0.3) is 0 Å². The molecule has 0 atom stereocenters. The van der Waals surface area contributed by atoms with Crippen LogP contribution in [0, 0.1) is 107 Å². The van der Waals surface area contributed by atoms with Gasteiger partial charge in [-0.25, -0.2) is 0 Å². The predicted molar refractivity (Wildman–Crippen MR) is 72.5 cm³/mol. The van der Waals surface area contributed by atoms with E-state index in [-0.39, 0.29) is 20.4 Å². The molecule has 29 heavy (non-hydrogen) atoms. The molecule has 0 heterocycles. The van der Waals surface area contributed by atoms with Crippen molar-refractivity contribution in [3.8, 4) is 0 Å². The number of rotatable bonds is 0. The number of hydrogen-bond acceptors (Lipinski definition) is 21. The van der Waals surface area contributed by atoms with Gasteiger partial charge in [-0.05, 0) is 0 Å². The van der Waals surface area contributed by atoms with E-state index in [2.05, 4.69) is 0 Å². The number of hydrogen-bond donors (Lipinski definition) is 0. The van der Waals surface area contributed by atoms with Crippen LogP contribution in [0.3, 0.4) is 0 Å². The van der Waals surface area contributed by atoms with Crippen LogP contribution in [-0.2, 0) is 20.4 Å². The maximum atomic E-state index is 8.25. The molecule has 28 nitrogen and oxygen atoms in total. The monoisotopic (exact) mass is 621 g/mol. The summed E-state index contributed by atoms with van der Waals surface area (Å²) in [5.41, 5.74) is 0.